The van der Waals surface area contributed by atoms with Gasteiger partial charge < -0.3 is 10.1 Å². The third-order valence-corrected chi connectivity index (χ3v) is 3.39. The maximum atomic E-state index is 5.21. The third-order valence-electron chi connectivity index (χ3n) is 3.39. The lowest BCUT2D eigenvalue weighted by atomic mass is 9.95. The van der Waals surface area contributed by atoms with Gasteiger partial charge in [-0.3, -0.25) is 4.98 Å². The Morgan fingerprint density at radius 3 is 2.45 bits per heavy atom. The molecule has 3 nitrogen and oxygen atoms in total. The summed E-state index contributed by atoms with van der Waals surface area (Å²) in [7, 11) is 1.69. The first-order valence-corrected chi connectivity index (χ1v) is 6.97. The van der Waals surface area contributed by atoms with Crippen LogP contribution in [-0.4, -0.2) is 12.1 Å². The molecular formula is C17H22N2O. The van der Waals surface area contributed by atoms with Crippen molar-refractivity contribution in [3.8, 4) is 5.75 Å². The van der Waals surface area contributed by atoms with E-state index in [0.29, 0.717) is 12.0 Å². The monoisotopic (exact) mass is 270 g/mol. The molecule has 1 aromatic heterocycles. The van der Waals surface area contributed by atoms with Crippen LogP contribution in [0.4, 0.5) is 0 Å². The summed E-state index contributed by atoms with van der Waals surface area (Å²) >= 11 is 0. The quantitative estimate of drug-likeness (QED) is 0.871. The third kappa shape index (κ3) is 3.81. The van der Waals surface area contributed by atoms with Gasteiger partial charge in [-0.25, -0.2) is 0 Å². The zero-order valence-electron chi connectivity index (χ0n) is 12.3. The van der Waals surface area contributed by atoms with Crippen molar-refractivity contribution in [1.82, 2.24) is 10.3 Å². The van der Waals surface area contributed by atoms with Crippen molar-refractivity contribution in [2.75, 3.05) is 7.11 Å². The van der Waals surface area contributed by atoms with Crippen molar-refractivity contribution in [2.45, 2.75) is 26.4 Å². The van der Waals surface area contributed by atoms with Crippen LogP contribution >= 0.6 is 0 Å². The van der Waals surface area contributed by atoms with Crippen LogP contribution in [-0.2, 0) is 6.54 Å². The fourth-order valence-corrected chi connectivity index (χ4v) is 2.28. The van der Waals surface area contributed by atoms with Crippen LogP contribution in [0.15, 0.2) is 48.8 Å². The highest BCUT2D eigenvalue weighted by Gasteiger charge is 2.15. The number of aromatic nitrogens is 1. The van der Waals surface area contributed by atoms with Crippen LogP contribution in [0.25, 0.3) is 0 Å². The number of rotatable bonds is 6. The van der Waals surface area contributed by atoms with E-state index in [1.54, 1.807) is 13.3 Å². The van der Waals surface area contributed by atoms with E-state index in [2.05, 4.69) is 42.3 Å². The number of benzene rings is 1. The fraction of sp³-hybridized carbons (Fsp3) is 0.353. The Bertz CT molecular complexity index is 508. The van der Waals surface area contributed by atoms with Crippen LogP contribution in [0.5, 0.6) is 5.75 Å². The Balaban J connectivity index is 2.06. The van der Waals surface area contributed by atoms with Crippen molar-refractivity contribution in [2.24, 2.45) is 5.92 Å². The predicted molar refractivity (Wildman–Crippen MR) is 81.6 cm³/mol. The second kappa shape index (κ2) is 7.06. The molecule has 1 atom stereocenters. The second-order valence-corrected chi connectivity index (χ2v) is 5.24. The molecule has 0 amide bonds. The number of pyridine rings is 1. The molecule has 0 spiro atoms. The van der Waals surface area contributed by atoms with E-state index >= 15 is 0 Å². The van der Waals surface area contributed by atoms with Crippen molar-refractivity contribution in [1.29, 1.82) is 0 Å². The Kier molecular flexibility index (Phi) is 5.13. The summed E-state index contributed by atoms with van der Waals surface area (Å²) in [6.45, 7) is 5.28. The number of nitrogens with zero attached hydrogens (tertiary/aromatic N) is 1. The molecule has 3 heteroatoms. The molecule has 2 rings (SSSR count). The molecule has 0 unspecified atom stereocenters. The van der Waals surface area contributed by atoms with Crippen molar-refractivity contribution in [3.63, 3.8) is 0 Å². The van der Waals surface area contributed by atoms with Gasteiger partial charge in [0.25, 0.3) is 0 Å². The van der Waals surface area contributed by atoms with Crippen molar-refractivity contribution >= 4 is 0 Å². The molecular weight excluding hydrogens is 248 g/mol. The summed E-state index contributed by atoms with van der Waals surface area (Å²) in [6, 6.07) is 12.6. The highest BCUT2D eigenvalue weighted by molar-refractivity contribution is 5.29. The predicted octanol–water partition coefficient (Wildman–Crippen LogP) is 3.58. The van der Waals surface area contributed by atoms with Gasteiger partial charge in [0.1, 0.15) is 5.75 Å². The second-order valence-electron chi connectivity index (χ2n) is 5.24. The molecule has 0 aliphatic heterocycles. The smallest absolute Gasteiger partial charge is 0.118 e. The molecule has 1 N–H and O–H groups in total. The normalized spacial score (nSPS) is 12.4. The number of methoxy groups -OCH3 is 1. The first-order valence-electron chi connectivity index (χ1n) is 6.97. The zero-order valence-corrected chi connectivity index (χ0v) is 12.3. The van der Waals surface area contributed by atoms with Crippen LogP contribution in [0.3, 0.4) is 0 Å². The molecule has 0 aliphatic rings. The molecule has 2 aromatic rings. The van der Waals surface area contributed by atoms with Gasteiger partial charge in [0.2, 0.25) is 0 Å². The minimum absolute atomic E-state index is 0.320. The molecule has 0 radical (unpaired) electrons. The van der Waals surface area contributed by atoms with Gasteiger partial charge in [-0.15, -0.1) is 0 Å². The van der Waals surface area contributed by atoms with E-state index in [1.165, 1.54) is 11.1 Å². The summed E-state index contributed by atoms with van der Waals surface area (Å²) in [5, 5.41) is 3.61. The number of hydrogen-bond acceptors (Lipinski definition) is 3. The molecule has 1 heterocycles. The highest BCUT2D eigenvalue weighted by atomic mass is 16.5. The Hall–Kier alpha value is -1.87. The van der Waals surface area contributed by atoms with Crippen LogP contribution in [0, 0.1) is 5.92 Å². The molecule has 1 aromatic carbocycles. The Morgan fingerprint density at radius 1 is 1.15 bits per heavy atom. The Labute approximate surface area is 121 Å². The SMILES string of the molecule is COc1ccc([C@@H](NCc2cccnc2)C(C)C)cc1. The summed E-state index contributed by atoms with van der Waals surface area (Å²) in [5.74, 6) is 1.41. The summed E-state index contributed by atoms with van der Waals surface area (Å²) in [5.41, 5.74) is 2.48. The van der Waals surface area contributed by atoms with E-state index in [1.807, 2.05) is 24.4 Å². The lowest BCUT2D eigenvalue weighted by molar-refractivity contribution is 0.404. The molecule has 106 valence electrons. The van der Waals surface area contributed by atoms with Crippen LogP contribution in [0.1, 0.15) is 31.0 Å². The lowest BCUT2D eigenvalue weighted by Gasteiger charge is -2.23. The van der Waals surface area contributed by atoms with Crippen LogP contribution in [0.2, 0.25) is 0 Å². The molecule has 0 bridgehead atoms. The van der Waals surface area contributed by atoms with Crippen molar-refractivity contribution < 1.29 is 4.74 Å². The summed E-state index contributed by atoms with van der Waals surface area (Å²) in [4.78, 5) is 4.15. The molecule has 20 heavy (non-hydrogen) atoms. The van der Waals surface area contributed by atoms with Crippen molar-refractivity contribution in [3.05, 3.63) is 59.9 Å². The maximum Gasteiger partial charge on any atom is 0.118 e. The van der Waals surface area contributed by atoms with Gasteiger partial charge in [-0.05, 0) is 35.2 Å². The minimum atomic E-state index is 0.320. The first-order chi connectivity index (χ1) is 9.70. The molecule has 0 fully saturated rings. The van der Waals surface area contributed by atoms with Gasteiger partial charge in [0, 0.05) is 25.0 Å². The van der Waals surface area contributed by atoms with E-state index in [9.17, 15) is 0 Å². The molecule has 0 saturated carbocycles. The van der Waals surface area contributed by atoms with Crippen LogP contribution < -0.4 is 10.1 Å². The zero-order chi connectivity index (χ0) is 14.4. The Morgan fingerprint density at radius 2 is 1.90 bits per heavy atom. The minimum Gasteiger partial charge on any atom is -0.497 e. The average molecular weight is 270 g/mol. The molecule has 0 aliphatic carbocycles. The first kappa shape index (κ1) is 14.5. The summed E-state index contributed by atoms with van der Waals surface area (Å²) < 4.78 is 5.21. The van der Waals surface area contributed by atoms with E-state index in [-0.39, 0.29) is 0 Å². The largest absolute Gasteiger partial charge is 0.497 e. The fourth-order valence-electron chi connectivity index (χ4n) is 2.28. The van der Waals surface area contributed by atoms with Gasteiger partial charge in [0.15, 0.2) is 0 Å². The van der Waals surface area contributed by atoms with E-state index < -0.39 is 0 Å². The van der Waals surface area contributed by atoms with E-state index in [4.69, 9.17) is 4.74 Å². The molecule has 0 saturated heterocycles. The number of hydrogen-bond donors (Lipinski definition) is 1. The standard InChI is InChI=1S/C17H22N2O/c1-13(2)17(15-6-8-16(20-3)9-7-15)19-12-14-5-4-10-18-11-14/h4-11,13,17,19H,12H2,1-3H3/t17-/m0/s1. The summed E-state index contributed by atoms with van der Waals surface area (Å²) in [6.07, 6.45) is 3.70. The van der Waals surface area contributed by atoms with E-state index in [0.717, 1.165) is 12.3 Å². The number of nitrogens with one attached hydrogen (secondary N) is 1. The number of ether oxygens (including phenoxy) is 1. The van der Waals surface area contributed by atoms with Gasteiger partial charge in [0.05, 0.1) is 7.11 Å². The lowest BCUT2D eigenvalue weighted by Crippen LogP contribution is -2.25. The van der Waals surface area contributed by atoms with Gasteiger partial charge >= 0.3 is 0 Å². The van der Waals surface area contributed by atoms with Gasteiger partial charge in [-0.2, -0.15) is 0 Å². The van der Waals surface area contributed by atoms with Gasteiger partial charge in [-0.1, -0.05) is 32.0 Å². The highest BCUT2D eigenvalue weighted by Crippen LogP contribution is 2.24. The average Bonchev–Trinajstić information content (AvgIpc) is 2.49. The topological polar surface area (TPSA) is 34.1 Å². The maximum absolute atomic E-state index is 5.21.